The van der Waals surface area contributed by atoms with Crippen LogP contribution in [0.3, 0.4) is 0 Å². The van der Waals surface area contributed by atoms with Crippen molar-refractivity contribution >= 4 is 17.9 Å². The zero-order chi connectivity index (χ0) is 15.8. The van der Waals surface area contributed by atoms with Crippen LogP contribution in [0, 0.1) is 0 Å². The molecule has 3 amide bonds. The largest absolute Gasteiger partial charge is 0.480 e. The number of methoxy groups -OCH3 is 1. The number of rotatable bonds is 5. The van der Waals surface area contributed by atoms with Gasteiger partial charge in [-0.1, -0.05) is 0 Å². The summed E-state index contributed by atoms with van der Waals surface area (Å²) in [5.41, 5.74) is 0. The van der Waals surface area contributed by atoms with Crippen LogP contribution in [0.1, 0.15) is 19.8 Å². The van der Waals surface area contributed by atoms with Crippen LogP contribution in [0.25, 0.3) is 0 Å². The van der Waals surface area contributed by atoms with Crippen LogP contribution in [-0.4, -0.2) is 78.8 Å². The summed E-state index contributed by atoms with van der Waals surface area (Å²) in [6.07, 6.45) is 0.897. The zero-order valence-corrected chi connectivity index (χ0v) is 12.5. The lowest BCUT2D eigenvalue weighted by Crippen LogP contribution is -2.49. The average molecular weight is 301 g/mol. The van der Waals surface area contributed by atoms with Crippen molar-refractivity contribution in [3.8, 4) is 0 Å². The number of carbonyl (C=O) groups is 3. The number of amides is 3. The Morgan fingerprint density at radius 1 is 1.19 bits per heavy atom. The van der Waals surface area contributed by atoms with Gasteiger partial charge in [0.2, 0.25) is 5.91 Å². The molecule has 8 heteroatoms. The molecule has 1 aliphatic rings. The molecule has 0 saturated carbocycles. The Labute approximate surface area is 124 Å². The van der Waals surface area contributed by atoms with E-state index in [1.165, 1.54) is 14.0 Å². The second kappa shape index (κ2) is 8.46. The van der Waals surface area contributed by atoms with Gasteiger partial charge in [0.1, 0.15) is 6.04 Å². The first kappa shape index (κ1) is 17.2. The van der Waals surface area contributed by atoms with Crippen LogP contribution in [0.2, 0.25) is 0 Å². The van der Waals surface area contributed by atoms with Gasteiger partial charge < -0.3 is 25.0 Å². The van der Waals surface area contributed by atoms with E-state index in [0.29, 0.717) is 32.6 Å². The maximum Gasteiger partial charge on any atom is 0.326 e. The number of nitrogens with zero attached hydrogens (tertiary/aromatic N) is 2. The number of carbonyl (C=O) groups excluding carboxylic acids is 2. The van der Waals surface area contributed by atoms with Crippen LogP contribution in [0.15, 0.2) is 0 Å². The Hall–Kier alpha value is -1.83. The molecule has 1 fully saturated rings. The average Bonchev–Trinajstić information content (AvgIpc) is 2.68. The van der Waals surface area contributed by atoms with E-state index in [1.54, 1.807) is 9.80 Å². The first-order valence-electron chi connectivity index (χ1n) is 6.98. The SMILES string of the molecule is COCCC(NC(=O)N1CCCN(C(C)=O)CC1)C(=O)O. The van der Waals surface area contributed by atoms with Crippen molar-refractivity contribution in [3.63, 3.8) is 0 Å². The molecule has 0 aromatic heterocycles. The van der Waals surface area contributed by atoms with Crippen LogP contribution in [-0.2, 0) is 14.3 Å². The summed E-state index contributed by atoms with van der Waals surface area (Å²) < 4.78 is 4.84. The summed E-state index contributed by atoms with van der Waals surface area (Å²) in [4.78, 5) is 37.8. The Bertz CT molecular complexity index is 388. The van der Waals surface area contributed by atoms with E-state index >= 15 is 0 Å². The number of urea groups is 1. The lowest BCUT2D eigenvalue weighted by atomic mass is 10.2. The molecule has 0 radical (unpaired) electrons. The van der Waals surface area contributed by atoms with E-state index in [4.69, 9.17) is 9.84 Å². The number of hydrogen-bond donors (Lipinski definition) is 2. The number of hydrogen-bond acceptors (Lipinski definition) is 4. The third-order valence-corrected chi connectivity index (χ3v) is 3.43. The minimum Gasteiger partial charge on any atom is -0.480 e. The second-order valence-corrected chi connectivity index (χ2v) is 4.97. The fourth-order valence-corrected chi connectivity index (χ4v) is 2.17. The molecule has 0 bridgehead atoms. The highest BCUT2D eigenvalue weighted by atomic mass is 16.5. The van der Waals surface area contributed by atoms with E-state index in [0.717, 1.165) is 0 Å². The maximum absolute atomic E-state index is 12.1. The molecule has 1 unspecified atom stereocenters. The first-order valence-corrected chi connectivity index (χ1v) is 6.98. The summed E-state index contributed by atoms with van der Waals surface area (Å²) in [6, 6.07) is -1.38. The van der Waals surface area contributed by atoms with Gasteiger partial charge in [-0.25, -0.2) is 9.59 Å². The summed E-state index contributed by atoms with van der Waals surface area (Å²) in [6.45, 7) is 3.76. The number of ether oxygens (including phenoxy) is 1. The molecular formula is C13H23N3O5. The third-order valence-electron chi connectivity index (χ3n) is 3.43. The highest BCUT2D eigenvalue weighted by molar-refractivity contribution is 5.82. The number of carboxylic acids is 1. The molecule has 2 N–H and O–H groups in total. The summed E-state index contributed by atoms with van der Waals surface area (Å²) >= 11 is 0. The predicted octanol–water partition coefficient (Wildman–Crippen LogP) is -0.260. The molecular weight excluding hydrogens is 278 g/mol. The lowest BCUT2D eigenvalue weighted by Gasteiger charge is -2.24. The van der Waals surface area contributed by atoms with Crippen LogP contribution in [0.4, 0.5) is 4.79 Å². The smallest absolute Gasteiger partial charge is 0.326 e. The van der Waals surface area contributed by atoms with Crippen molar-refractivity contribution in [2.45, 2.75) is 25.8 Å². The molecule has 0 aromatic rings. The van der Waals surface area contributed by atoms with E-state index in [-0.39, 0.29) is 18.9 Å². The molecule has 0 spiro atoms. The van der Waals surface area contributed by atoms with Gasteiger partial charge in [-0.15, -0.1) is 0 Å². The molecule has 1 atom stereocenters. The number of nitrogens with one attached hydrogen (secondary N) is 1. The Morgan fingerprint density at radius 3 is 2.38 bits per heavy atom. The van der Waals surface area contributed by atoms with Crippen LogP contribution in [0.5, 0.6) is 0 Å². The first-order chi connectivity index (χ1) is 9.95. The van der Waals surface area contributed by atoms with E-state index in [1.807, 2.05) is 0 Å². The van der Waals surface area contributed by atoms with Gasteiger partial charge in [-0.2, -0.15) is 0 Å². The van der Waals surface area contributed by atoms with Gasteiger partial charge in [-0.05, 0) is 6.42 Å². The molecule has 8 nitrogen and oxygen atoms in total. The van der Waals surface area contributed by atoms with E-state index in [2.05, 4.69) is 5.32 Å². The van der Waals surface area contributed by atoms with Crippen molar-refractivity contribution in [2.24, 2.45) is 0 Å². The minimum absolute atomic E-state index is 0.0132. The summed E-state index contributed by atoms with van der Waals surface area (Å²) in [7, 11) is 1.48. The number of aliphatic carboxylic acids is 1. The van der Waals surface area contributed by atoms with Gasteiger partial charge in [0.05, 0.1) is 0 Å². The molecule has 1 rings (SSSR count). The van der Waals surface area contributed by atoms with Crippen molar-refractivity contribution in [1.82, 2.24) is 15.1 Å². The fraction of sp³-hybridized carbons (Fsp3) is 0.769. The molecule has 0 aliphatic carbocycles. The Kier molecular flexibility index (Phi) is 6.93. The molecule has 21 heavy (non-hydrogen) atoms. The molecule has 1 heterocycles. The summed E-state index contributed by atoms with van der Waals surface area (Å²) in [5.74, 6) is -1.10. The lowest BCUT2D eigenvalue weighted by molar-refractivity contribution is -0.139. The number of carboxylic acid groups (broad SMARTS) is 1. The van der Waals surface area contributed by atoms with Crippen molar-refractivity contribution in [3.05, 3.63) is 0 Å². The predicted molar refractivity (Wildman–Crippen MR) is 74.9 cm³/mol. The van der Waals surface area contributed by atoms with Gasteiger partial charge >= 0.3 is 12.0 Å². The van der Waals surface area contributed by atoms with Crippen LogP contribution >= 0.6 is 0 Å². The quantitative estimate of drug-likeness (QED) is 0.729. The molecule has 120 valence electrons. The van der Waals surface area contributed by atoms with Gasteiger partial charge in [-0.3, -0.25) is 4.79 Å². The highest BCUT2D eigenvalue weighted by Crippen LogP contribution is 2.05. The van der Waals surface area contributed by atoms with E-state index < -0.39 is 18.0 Å². The van der Waals surface area contributed by atoms with E-state index in [9.17, 15) is 14.4 Å². The summed E-state index contributed by atoms with van der Waals surface area (Å²) in [5, 5.41) is 11.6. The van der Waals surface area contributed by atoms with Gasteiger partial charge in [0, 0.05) is 53.2 Å². The monoisotopic (exact) mass is 301 g/mol. The van der Waals surface area contributed by atoms with Crippen molar-refractivity contribution in [1.29, 1.82) is 0 Å². The normalized spacial score (nSPS) is 17.0. The molecule has 1 saturated heterocycles. The topological polar surface area (TPSA) is 99.2 Å². The molecule has 1 aliphatic heterocycles. The van der Waals surface area contributed by atoms with Crippen molar-refractivity contribution in [2.75, 3.05) is 39.9 Å². The molecule has 0 aromatic carbocycles. The second-order valence-electron chi connectivity index (χ2n) is 4.97. The highest BCUT2D eigenvalue weighted by Gasteiger charge is 2.25. The zero-order valence-electron chi connectivity index (χ0n) is 12.5. The van der Waals surface area contributed by atoms with Crippen LogP contribution < -0.4 is 5.32 Å². The van der Waals surface area contributed by atoms with Gasteiger partial charge in [0.25, 0.3) is 0 Å². The third kappa shape index (κ3) is 5.58. The maximum atomic E-state index is 12.1. The Balaban J connectivity index is 2.53. The standard InChI is InChI=1S/C13H23N3O5/c1-10(17)15-5-3-6-16(8-7-15)13(20)14-11(12(18)19)4-9-21-2/h11H,3-9H2,1-2H3,(H,14,20)(H,18,19). The minimum atomic E-state index is -1.08. The fourth-order valence-electron chi connectivity index (χ4n) is 2.17. The van der Waals surface area contributed by atoms with Crippen molar-refractivity contribution < 1.29 is 24.2 Å². The van der Waals surface area contributed by atoms with Gasteiger partial charge in [0.15, 0.2) is 0 Å². The Morgan fingerprint density at radius 2 is 1.81 bits per heavy atom.